The Kier molecular flexibility index (Phi) is 4.29. The maximum absolute atomic E-state index is 11.1. The number of likely N-dealkylation sites (N-methyl/N-ethyl adjacent to an activating group) is 1. The fourth-order valence-corrected chi connectivity index (χ4v) is 0.500. The third kappa shape index (κ3) is 3.42. The van der Waals surface area contributed by atoms with Gasteiger partial charge in [0.05, 0.1) is 12.8 Å². The standard InChI is InChI=1S/C8H12N2O3/c1-5(9-3)7(11)10-6(2)8(12)13-4/h9H,1-2H2,3-4H3,(H,10,11). The maximum Gasteiger partial charge on any atom is 0.353 e. The normalized spacial score (nSPS) is 8.46. The number of hydrogen-bond donors (Lipinski definition) is 2. The van der Waals surface area contributed by atoms with E-state index in [1.165, 1.54) is 7.11 Å². The fraction of sp³-hybridized carbons (Fsp3) is 0.250. The molecule has 0 atom stereocenters. The molecule has 2 N–H and O–H groups in total. The van der Waals surface area contributed by atoms with Crippen LogP contribution in [-0.2, 0) is 14.3 Å². The summed E-state index contributed by atoms with van der Waals surface area (Å²) in [5.41, 5.74) is 0.0222. The zero-order chi connectivity index (χ0) is 10.4. The summed E-state index contributed by atoms with van der Waals surface area (Å²) < 4.78 is 4.32. The average Bonchev–Trinajstić information content (AvgIpc) is 2.14. The zero-order valence-corrected chi connectivity index (χ0v) is 7.64. The topological polar surface area (TPSA) is 67.4 Å². The molecule has 0 fully saturated rings. The van der Waals surface area contributed by atoms with Crippen LogP contribution in [0.4, 0.5) is 0 Å². The Morgan fingerprint density at radius 2 is 1.77 bits per heavy atom. The predicted octanol–water partition coefficient (Wildman–Crippen LogP) is -0.478. The van der Waals surface area contributed by atoms with E-state index in [-0.39, 0.29) is 11.4 Å². The van der Waals surface area contributed by atoms with Gasteiger partial charge in [-0.1, -0.05) is 13.2 Å². The smallest absolute Gasteiger partial charge is 0.353 e. The van der Waals surface area contributed by atoms with Crippen LogP contribution in [0.1, 0.15) is 0 Å². The van der Waals surface area contributed by atoms with Crippen LogP contribution in [0.25, 0.3) is 0 Å². The first-order chi connectivity index (χ1) is 6.02. The van der Waals surface area contributed by atoms with Gasteiger partial charge >= 0.3 is 5.97 Å². The largest absolute Gasteiger partial charge is 0.464 e. The second-order valence-corrected chi connectivity index (χ2v) is 2.15. The number of carbonyl (C=O) groups is 2. The molecule has 1 amide bonds. The van der Waals surface area contributed by atoms with Gasteiger partial charge in [-0.3, -0.25) is 4.79 Å². The first-order valence-corrected chi connectivity index (χ1v) is 3.48. The van der Waals surface area contributed by atoms with E-state index < -0.39 is 11.9 Å². The van der Waals surface area contributed by atoms with Crippen LogP contribution in [0.5, 0.6) is 0 Å². The van der Waals surface area contributed by atoms with Crippen molar-refractivity contribution in [1.29, 1.82) is 0 Å². The Hall–Kier alpha value is -1.78. The lowest BCUT2D eigenvalue weighted by atomic mass is 10.4. The second-order valence-electron chi connectivity index (χ2n) is 2.15. The first-order valence-electron chi connectivity index (χ1n) is 3.48. The minimum absolute atomic E-state index is 0.121. The van der Waals surface area contributed by atoms with Crippen molar-refractivity contribution >= 4 is 11.9 Å². The molecular weight excluding hydrogens is 172 g/mol. The van der Waals surface area contributed by atoms with Gasteiger partial charge in [-0.15, -0.1) is 0 Å². The van der Waals surface area contributed by atoms with Crippen molar-refractivity contribution in [3.05, 3.63) is 24.6 Å². The van der Waals surface area contributed by atoms with Crippen LogP contribution >= 0.6 is 0 Å². The molecule has 0 aromatic rings. The molecule has 0 radical (unpaired) electrons. The first kappa shape index (κ1) is 11.2. The lowest BCUT2D eigenvalue weighted by Crippen LogP contribution is -2.31. The molecule has 0 spiro atoms. The SMILES string of the molecule is C=C(NC)C(=O)NC(=C)C(=O)OC. The Labute approximate surface area is 76.5 Å². The molecule has 0 saturated heterocycles. The number of methoxy groups -OCH3 is 1. The monoisotopic (exact) mass is 184 g/mol. The molecule has 0 aliphatic heterocycles. The summed E-state index contributed by atoms with van der Waals surface area (Å²) in [6.07, 6.45) is 0. The van der Waals surface area contributed by atoms with E-state index in [1.807, 2.05) is 0 Å². The molecule has 5 nitrogen and oxygen atoms in total. The highest BCUT2D eigenvalue weighted by atomic mass is 16.5. The number of rotatable bonds is 4. The van der Waals surface area contributed by atoms with Gasteiger partial charge in [0.2, 0.25) is 0 Å². The summed E-state index contributed by atoms with van der Waals surface area (Å²) in [4.78, 5) is 21.8. The van der Waals surface area contributed by atoms with Gasteiger partial charge in [-0.05, 0) is 0 Å². The number of nitrogens with one attached hydrogen (secondary N) is 2. The molecule has 0 aliphatic carbocycles. The zero-order valence-electron chi connectivity index (χ0n) is 7.64. The molecule has 0 bridgehead atoms. The molecule has 0 unspecified atom stereocenters. The van der Waals surface area contributed by atoms with Crippen LogP contribution in [0.2, 0.25) is 0 Å². The van der Waals surface area contributed by atoms with E-state index in [0.29, 0.717) is 0 Å². The average molecular weight is 184 g/mol. The van der Waals surface area contributed by atoms with E-state index in [0.717, 1.165) is 0 Å². The lowest BCUT2D eigenvalue weighted by molar-refractivity contribution is -0.137. The van der Waals surface area contributed by atoms with Crippen molar-refractivity contribution in [2.45, 2.75) is 0 Å². The minimum atomic E-state index is -0.683. The van der Waals surface area contributed by atoms with Gasteiger partial charge in [0, 0.05) is 7.05 Å². The van der Waals surface area contributed by atoms with Gasteiger partial charge in [-0.2, -0.15) is 0 Å². The fourth-order valence-electron chi connectivity index (χ4n) is 0.500. The number of esters is 1. The molecular formula is C8H12N2O3. The number of hydrogen-bond acceptors (Lipinski definition) is 4. The minimum Gasteiger partial charge on any atom is -0.464 e. The summed E-state index contributed by atoms with van der Waals surface area (Å²) in [5, 5.41) is 4.74. The van der Waals surface area contributed by atoms with Crippen LogP contribution in [0.15, 0.2) is 24.6 Å². The molecule has 0 aliphatic rings. The summed E-state index contributed by atoms with van der Waals surface area (Å²) >= 11 is 0. The molecule has 13 heavy (non-hydrogen) atoms. The molecule has 0 heterocycles. The van der Waals surface area contributed by atoms with Gasteiger partial charge in [0.1, 0.15) is 5.70 Å². The summed E-state index contributed by atoms with van der Waals surface area (Å²) in [7, 11) is 2.75. The van der Waals surface area contributed by atoms with E-state index in [4.69, 9.17) is 0 Å². The quantitative estimate of drug-likeness (QED) is 0.457. The summed E-state index contributed by atoms with van der Waals surface area (Å²) in [6, 6.07) is 0. The van der Waals surface area contributed by atoms with Crippen molar-refractivity contribution in [1.82, 2.24) is 10.6 Å². The van der Waals surface area contributed by atoms with Crippen molar-refractivity contribution in [3.63, 3.8) is 0 Å². The van der Waals surface area contributed by atoms with Gasteiger partial charge in [0.25, 0.3) is 5.91 Å². The van der Waals surface area contributed by atoms with Crippen LogP contribution in [0, 0.1) is 0 Å². The Balaban J connectivity index is 4.15. The molecule has 0 aromatic heterocycles. The van der Waals surface area contributed by atoms with Crippen molar-refractivity contribution in [2.75, 3.05) is 14.2 Å². The van der Waals surface area contributed by atoms with E-state index >= 15 is 0 Å². The van der Waals surface area contributed by atoms with E-state index in [9.17, 15) is 9.59 Å². The van der Waals surface area contributed by atoms with Crippen molar-refractivity contribution in [3.8, 4) is 0 Å². The van der Waals surface area contributed by atoms with Crippen LogP contribution in [0.3, 0.4) is 0 Å². The van der Waals surface area contributed by atoms with Gasteiger partial charge < -0.3 is 15.4 Å². The summed E-state index contributed by atoms with van der Waals surface area (Å²) in [5.74, 6) is -1.20. The van der Waals surface area contributed by atoms with Crippen molar-refractivity contribution in [2.24, 2.45) is 0 Å². The predicted molar refractivity (Wildman–Crippen MR) is 47.5 cm³/mol. The number of ether oxygens (including phenoxy) is 1. The third-order valence-electron chi connectivity index (χ3n) is 1.27. The van der Waals surface area contributed by atoms with Crippen LogP contribution < -0.4 is 10.6 Å². The van der Waals surface area contributed by atoms with Gasteiger partial charge in [0.15, 0.2) is 0 Å². The third-order valence-corrected chi connectivity index (χ3v) is 1.27. The number of amides is 1. The molecule has 0 aromatic carbocycles. The van der Waals surface area contributed by atoms with E-state index in [1.54, 1.807) is 7.05 Å². The Bertz CT molecular complexity index is 232. The molecule has 0 rings (SSSR count). The molecule has 72 valence electrons. The Morgan fingerprint density at radius 3 is 2.15 bits per heavy atom. The van der Waals surface area contributed by atoms with E-state index in [2.05, 4.69) is 28.5 Å². The second kappa shape index (κ2) is 4.97. The molecule has 5 heteroatoms. The Morgan fingerprint density at radius 1 is 1.23 bits per heavy atom. The van der Waals surface area contributed by atoms with Crippen LogP contribution in [-0.4, -0.2) is 26.0 Å². The summed E-state index contributed by atoms with van der Waals surface area (Å²) in [6.45, 7) is 6.70. The lowest BCUT2D eigenvalue weighted by Gasteiger charge is -2.07. The highest BCUT2D eigenvalue weighted by Gasteiger charge is 2.11. The number of carbonyl (C=O) groups excluding carboxylic acids is 2. The highest BCUT2D eigenvalue weighted by Crippen LogP contribution is 1.90. The molecule has 0 saturated carbocycles. The highest BCUT2D eigenvalue weighted by molar-refractivity contribution is 5.99. The maximum atomic E-state index is 11.1. The van der Waals surface area contributed by atoms with Crippen molar-refractivity contribution < 1.29 is 14.3 Å². The van der Waals surface area contributed by atoms with Gasteiger partial charge in [-0.25, -0.2) is 4.79 Å².